The minimum atomic E-state index is -0.0263. The van der Waals surface area contributed by atoms with E-state index in [2.05, 4.69) is 4.98 Å². The van der Waals surface area contributed by atoms with Crippen molar-refractivity contribution in [1.29, 1.82) is 0 Å². The summed E-state index contributed by atoms with van der Waals surface area (Å²) in [4.78, 5) is 29.3. The highest BCUT2D eigenvalue weighted by Crippen LogP contribution is 2.26. The number of nitrogens with zero attached hydrogens (tertiary/aromatic N) is 1. The molecular formula is C15H24ClN3O2. The number of ketones is 1. The Hall–Kier alpha value is -1.33. The van der Waals surface area contributed by atoms with Gasteiger partial charge in [0.1, 0.15) is 5.69 Å². The van der Waals surface area contributed by atoms with Gasteiger partial charge in [-0.25, -0.2) is 0 Å². The number of carbonyl (C=O) groups excluding carboxylic acids is 2. The summed E-state index contributed by atoms with van der Waals surface area (Å²) in [6.45, 7) is 8.54. The molecule has 5 nitrogen and oxygen atoms in total. The number of nitrogens with two attached hydrogens (primary N) is 1. The zero-order chi connectivity index (χ0) is 15.0. The van der Waals surface area contributed by atoms with E-state index in [4.69, 9.17) is 5.73 Å². The van der Waals surface area contributed by atoms with Crippen LogP contribution in [0.5, 0.6) is 0 Å². The molecule has 1 aromatic heterocycles. The van der Waals surface area contributed by atoms with Crippen LogP contribution >= 0.6 is 12.4 Å². The van der Waals surface area contributed by atoms with Crippen molar-refractivity contribution in [2.75, 3.05) is 13.1 Å². The smallest absolute Gasteiger partial charge is 0.270 e. The van der Waals surface area contributed by atoms with E-state index in [0.29, 0.717) is 30.3 Å². The molecule has 21 heavy (non-hydrogen) atoms. The molecule has 0 bridgehead atoms. The molecule has 2 heterocycles. The van der Waals surface area contributed by atoms with Crippen molar-refractivity contribution in [1.82, 2.24) is 9.88 Å². The van der Waals surface area contributed by atoms with Crippen molar-refractivity contribution >= 4 is 24.1 Å². The molecule has 2 atom stereocenters. The third kappa shape index (κ3) is 3.14. The standard InChI is InChI=1S/C15H23N3O2.ClH/c1-8-5-12(6-16)7-18(8)15(20)14-9(2)13(11(4)19)10(3)17-14;/h8,12,17H,5-7,16H2,1-4H3;1H. The first kappa shape index (κ1) is 17.7. The molecule has 2 rings (SSSR count). The van der Waals surface area contributed by atoms with Crippen LogP contribution < -0.4 is 5.73 Å². The number of amides is 1. The monoisotopic (exact) mass is 313 g/mol. The first-order chi connectivity index (χ1) is 9.36. The Balaban J connectivity index is 0.00000220. The highest BCUT2D eigenvalue weighted by molar-refractivity contribution is 6.02. The van der Waals surface area contributed by atoms with Gasteiger partial charge in [-0.15, -0.1) is 12.4 Å². The fraction of sp³-hybridized carbons (Fsp3) is 0.600. The van der Waals surface area contributed by atoms with E-state index < -0.39 is 0 Å². The van der Waals surface area contributed by atoms with Crippen LogP contribution in [0.15, 0.2) is 0 Å². The van der Waals surface area contributed by atoms with Gasteiger partial charge < -0.3 is 15.6 Å². The van der Waals surface area contributed by atoms with E-state index in [-0.39, 0.29) is 30.1 Å². The van der Waals surface area contributed by atoms with E-state index in [1.165, 1.54) is 6.92 Å². The van der Waals surface area contributed by atoms with Gasteiger partial charge in [0.15, 0.2) is 5.78 Å². The highest BCUT2D eigenvalue weighted by atomic mass is 35.5. The molecule has 1 aliphatic rings. The normalized spacial score (nSPS) is 21.3. The van der Waals surface area contributed by atoms with Crippen LogP contribution in [-0.2, 0) is 0 Å². The lowest BCUT2D eigenvalue weighted by molar-refractivity contribution is 0.0737. The number of hydrogen-bond acceptors (Lipinski definition) is 3. The molecule has 1 aliphatic heterocycles. The minimum absolute atomic E-state index is 0. The molecule has 0 saturated carbocycles. The minimum Gasteiger partial charge on any atom is -0.354 e. The maximum absolute atomic E-state index is 12.7. The van der Waals surface area contributed by atoms with Gasteiger partial charge in [0.05, 0.1) is 0 Å². The number of aromatic amines is 1. The number of nitrogens with one attached hydrogen (secondary N) is 1. The van der Waals surface area contributed by atoms with Crippen molar-refractivity contribution < 1.29 is 9.59 Å². The van der Waals surface area contributed by atoms with E-state index in [9.17, 15) is 9.59 Å². The topological polar surface area (TPSA) is 79.2 Å². The third-order valence-corrected chi connectivity index (χ3v) is 4.26. The average Bonchev–Trinajstić information content (AvgIpc) is 2.89. The number of H-pyrrole nitrogens is 1. The van der Waals surface area contributed by atoms with Crippen molar-refractivity contribution in [2.45, 2.75) is 40.2 Å². The predicted octanol–water partition coefficient (Wildman–Crippen LogP) is 2.07. The lowest BCUT2D eigenvalue weighted by atomic mass is 10.1. The van der Waals surface area contributed by atoms with Gasteiger partial charge in [-0.2, -0.15) is 0 Å². The maximum atomic E-state index is 12.7. The van der Waals surface area contributed by atoms with Gasteiger partial charge in [0.25, 0.3) is 5.91 Å². The summed E-state index contributed by atoms with van der Waals surface area (Å²) in [5.41, 5.74) is 8.40. The summed E-state index contributed by atoms with van der Waals surface area (Å²) in [6.07, 6.45) is 0.945. The van der Waals surface area contributed by atoms with Gasteiger partial charge in [-0.3, -0.25) is 9.59 Å². The summed E-state index contributed by atoms with van der Waals surface area (Å²) in [5, 5.41) is 0. The molecule has 0 aliphatic carbocycles. The fourth-order valence-corrected chi connectivity index (χ4v) is 3.23. The number of likely N-dealkylation sites (tertiary alicyclic amines) is 1. The van der Waals surface area contributed by atoms with Crippen LogP contribution in [0, 0.1) is 19.8 Å². The molecule has 0 aromatic carbocycles. The number of aryl methyl sites for hydroxylation is 1. The van der Waals surface area contributed by atoms with Gasteiger partial charge in [-0.1, -0.05) is 0 Å². The van der Waals surface area contributed by atoms with Crippen molar-refractivity contribution in [2.24, 2.45) is 11.7 Å². The summed E-state index contributed by atoms with van der Waals surface area (Å²) in [5.74, 6) is 0.337. The Kier molecular flexibility index (Phi) is 5.59. The van der Waals surface area contributed by atoms with Crippen molar-refractivity contribution in [3.05, 3.63) is 22.5 Å². The Morgan fingerprint density at radius 3 is 2.43 bits per heavy atom. The largest absolute Gasteiger partial charge is 0.354 e. The quantitative estimate of drug-likeness (QED) is 0.838. The van der Waals surface area contributed by atoms with Crippen molar-refractivity contribution in [3.8, 4) is 0 Å². The number of aromatic nitrogens is 1. The molecule has 2 unspecified atom stereocenters. The molecule has 1 aromatic rings. The van der Waals surface area contributed by atoms with Gasteiger partial charge in [0.2, 0.25) is 0 Å². The van der Waals surface area contributed by atoms with Gasteiger partial charge in [0, 0.05) is 23.8 Å². The first-order valence-electron chi connectivity index (χ1n) is 7.07. The molecule has 118 valence electrons. The number of carbonyl (C=O) groups is 2. The summed E-state index contributed by atoms with van der Waals surface area (Å²) in [6, 6.07) is 0.194. The van der Waals surface area contributed by atoms with Crippen LogP contribution in [-0.4, -0.2) is 40.7 Å². The zero-order valence-corrected chi connectivity index (χ0v) is 13.8. The molecule has 0 radical (unpaired) electrons. The van der Waals surface area contributed by atoms with E-state index >= 15 is 0 Å². The Morgan fingerprint density at radius 2 is 2.00 bits per heavy atom. The summed E-state index contributed by atoms with van der Waals surface area (Å²) in [7, 11) is 0. The van der Waals surface area contributed by atoms with Crippen LogP contribution in [0.4, 0.5) is 0 Å². The lowest BCUT2D eigenvalue weighted by Crippen LogP contribution is -2.35. The zero-order valence-electron chi connectivity index (χ0n) is 13.0. The van der Waals surface area contributed by atoms with Gasteiger partial charge in [-0.05, 0) is 52.1 Å². The Morgan fingerprint density at radius 1 is 1.38 bits per heavy atom. The maximum Gasteiger partial charge on any atom is 0.270 e. The predicted molar refractivity (Wildman–Crippen MR) is 85.2 cm³/mol. The second-order valence-electron chi connectivity index (χ2n) is 5.83. The third-order valence-electron chi connectivity index (χ3n) is 4.26. The molecular weight excluding hydrogens is 290 g/mol. The SMILES string of the molecule is CC(=O)c1c(C)[nH]c(C(=O)N2CC(CN)CC2C)c1C.Cl. The lowest BCUT2D eigenvalue weighted by Gasteiger charge is -2.21. The molecule has 6 heteroatoms. The second kappa shape index (κ2) is 6.62. The van der Waals surface area contributed by atoms with E-state index in [1.54, 1.807) is 0 Å². The molecule has 3 N–H and O–H groups in total. The number of hydrogen-bond donors (Lipinski definition) is 2. The summed E-state index contributed by atoms with van der Waals surface area (Å²) < 4.78 is 0. The second-order valence-corrected chi connectivity index (χ2v) is 5.83. The van der Waals surface area contributed by atoms with Crippen molar-refractivity contribution in [3.63, 3.8) is 0 Å². The van der Waals surface area contributed by atoms with Crippen LogP contribution in [0.3, 0.4) is 0 Å². The Labute approximate surface area is 131 Å². The molecule has 1 fully saturated rings. The highest BCUT2D eigenvalue weighted by Gasteiger charge is 2.34. The van der Waals surface area contributed by atoms with Crippen LogP contribution in [0.1, 0.15) is 52.4 Å². The van der Waals surface area contributed by atoms with Crippen LogP contribution in [0.2, 0.25) is 0 Å². The van der Waals surface area contributed by atoms with E-state index in [0.717, 1.165) is 17.7 Å². The van der Waals surface area contributed by atoms with Gasteiger partial charge >= 0.3 is 0 Å². The number of rotatable bonds is 3. The summed E-state index contributed by atoms with van der Waals surface area (Å²) >= 11 is 0. The molecule has 1 amide bonds. The fourth-order valence-electron chi connectivity index (χ4n) is 3.23. The molecule has 1 saturated heterocycles. The molecule has 0 spiro atoms. The van der Waals surface area contributed by atoms with Crippen LogP contribution in [0.25, 0.3) is 0 Å². The number of Topliss-reactive ketones (excluding diaryl/α,β-unsaturated/α-hetero) is 1. The average molecular weight is 314 g/mol. The number of halogens is 1. The first-order valence-corrected chi connectivity index (χ1v) is 7.07. The Bertz CT molecular complexity index is 553. The van der Waals surface area contributed by atoms with E-state index in [1.807, 2.05) is 25.7 Å².